The highest BCUT2D eigenvalue weighted by molar-refractivity contribution is 6.42. The van der Waals surface area contributed by atoms with Crippen LogP contribution in [0.1, 0.15) is 15.9 Å². The minimum Gasteiger partial charge on any atom is -0.484 e. The van der Waals surface area contributed by atoms with E-state index in [0.29, 0.717) is 21.9 Å². The molecule has 3 aromatic carbocycles. The lowest BCUT2D eigenvalue weighted by Crippen LogP contribution is -2.20. The highest BCUT2D eigenvalue weighted by Gasteiger charge is 2.12. The average molecular weight is 435 g/mol. The summed E-state index contributed by atoms with van der Waals surface area (Å²) in [6.07, 6.45) is 0. The number of nitrogens with one attached hydrogen (secondary N) is 1. The molecule has 0 aliphatic rings. The summed E-state index contributed by atoms with van der Waals surface area (Å²) in [6, 6.07) is 18.5. The summed E-state index contributed by atoms with van der Waals surface area (Å²) >= 11 is 17.9. The van der Waals surface area contributed by atoms with Gasteiger partial charge < -0.3 is 10.1 Å². The first kappa shape index (κ1) is 20.2. The van der Waals surface area contributed by atoms with E-state index in [4.69, 9.17) is 39.5 Å². The maximum Gasteiger partial charge on any atom is 0.262 e. The minimum atomic E-state index is -0.435. The summed E-state index contributed by atoms with van der Waals surface area (Å²) in [5, 5.41) is 3.42. The van der Waals surface area contributed by atoms with Crippen LogP contribution in [0, 0.1) is 0 Å². The molecule has 0 atom stereocenters. The van der Waals surface area contributed by atoms with Crippen LogP contribution in [0.25, 0.3) is 0 Å². The van der Waals surface area contributed by atoms with Crippen LogP contribution in [0.3, 0.4) is 0 Å². The lowest BCUT2D eigenvalue weighted by atomic mass is 10.0. The summed E-state index contributed by atoms with van der Waals surface area (Å²) in [5.41, 5.74) is 1.40. The third kappa shape index (κ3) is 5.04. The normalized spacial score (nSPS) is 10.4. The Bertz CT molecular complexity index is 982. The number of ketones is 1. The van der Waals surface area contributed by atoms with E-state index in [1.54, 1.807) is 36.4 Å². The molecule has 0 unspecified atom stereocenters. The Morgan fingerprint density at radius 1 is 0.821 bits per heavy atom. The van der Waals surface area contributed by atoms with Crippen LogP contribution in [0.4, 0.5) is 5.69 Å². The van der Waals surface area contributed by atoms with Crippen molar-refractivity contribution in [3.8, 4) is 5.75 Å². The van der Waals surface area contributed by atoms with Crippen molar-refractivity contribution in [3.63, 3.8) is 0 Å². The molecule has 0 aliphatic carbocycles. The summed E-state index contributed by atoms with van der Waals surface area (Å²) in [4.78, 5) is 24.5. The minimum absolute atomic E-state index is 0.0862. The Balaban J connectivity index is 1.59. The molecule has 7 heteroatoms. The molecule has 0 radical (unpaired) electrons. The number of hydrogen-bond acceptors (Lipinski definition) is 3. The predicted molar refractivity (Wildman–Crippen MR) is 112 cm³/mol. The SMILES string of the molecule is O=C(COc1ccc(C(=O)c2ccccc2)cc1)Nc1c(Cl)cc(Cl)cc1Cl. The van der Waals surface area contributed by atoms with Gasteiger partial charge in [0.1, 0.15) is 5.75 Å². The van der Waals surface area contributed by atoms with E-state index in [1.807, 2.05) is 18.2 Å². The first-order chi connectivity index (χ1) is 13.4. The van der Waals surface area contributed by atoms with Crippen molar-refractivity contribution in [1.29, 1.82) is 0 Å². The van der Waals surface area contributed by atoms with Gasteiger partial charge in [0, 0.05) is 16.1 Å². The Kier molecular flexibility index (Phi) is 6.57. The van der Waals surface area contributed by atoms with Crippen LogP contribution < -0.4 is 10.1 Å². The second kappa shape index (κ2) is 9.11. The molecule has 28 heavy (non-hydrogen) atoms. The van der Waals surface area contributed by atoms with Gasteiger partial charge in [-0.3, -0.25) is 9.59 Å². The molecule has 1 amide bonds. The molecule has 142 valence electrons. The van der Waals surface area contributed by atoms with E-state index in [-0.39, 0.29) is 28.1 Å². The molecule has 0 aliphatic heterocycles. The monoisotopic (exact) mass is 433 g/mol. The quantitative estimate of drug-likeness (QED) is 0.492. The van der Waals surface area contributed by atoms with Gasteiger partial charge in [-0.25, -0.2) is 0 Å². The Hall–Kier alpha value is -2.53. The van der Waals surface area contributed by atoms with Crippen LogP contribution >= 0.6 is 34.8 Å². The van der Waals surface area contributed by atoms with E-state index in [9.17, 15) is 9.59 Å². The third-order valence-electron chi connectivity index (χ3n) is 3.79. The summed E-state index contributed by atoms with van der Waals surface area (Å²) < 4.78 is 5.45. The highest BCUT2D eigenvalue weighted by Crippen LogP contribution is 2.33. The molecule has 3 aromatic rings. The second-order valence-corrected chi connectivity index (χ2v) is 7.05. The van der Waals surface area contributed by atoms with Crippen LogP contribution in [0.2, 0.25) is 15.1 Å². The molecule has 0 spiro atoms. The van der Waals surface area contributed by atoms with Crippen LogP contribution in [-0.4, -0.2) is 18.3 Å². The number of hydrogen-bond donors (Lipinski definition) is 1. The van der Waals surface area contributed by atoms with Crippen molar-refractivity contribution < 1.29 is 14.3 Å². The smallest absolute Gasteiger partial charge is 0.262 e. The molecule has 0 heterocycles. The van der Waals surface area contributed by atoms with Crippen molar-refractivity contribution >= 4 is 52.2 Å². The van der Waals surface area contributed by atoms with Crippen molar-refractivity contribution in [2.24, 2.45) is 0 Å². The molecule has 0 aromatic heterocycles. The van der Waals surface area contributed by atoms with Gasteiger partial charge in [-0.05, 0) is 36.4 Å². The van der Waals surface area contributed by atoms with Gasteiger partial charge in [0.05, 0.1) is 15.7 Å². The van der Waals surface area contributed by atoms with E-state index in [0.717, 1.165) is 0 Å². The number of ether oxygens (including phenoxy) is 1. The first-order valence-electron chi connectivity index (χ1n) is 8.21. The zero-order chi connectivity index (χ0) is 20.1. The molecular formula is C21H14Cl3NO3. The topological polar surface area (TPSA) is 55.4 Å². The second-order valence-electron chi connectivity index (χ2n) is 5.80. The van der Waals surface area contributed by atoms with E-state index in [2.05, 4.69) is 5.32 Å². The maximum absolute atomic E-state index is 12.4. The lowest BCUT2D eigenvalue weighted by molar-refractivity contribution is -0.118. The lowest BCUT2D eigenvalue weighted by Gasteiger charge is -2.11. The molecule has 3 rings (SSSR count). The average Bonchev–Trinajstić information content (AvgIpc) is 2.69. The summed E-state index contributed by atoms with van der Waals surface area (Å²) in [7, 11) is 0. The van der Waals surface area contributed by atoms with Crippen molar-refractivity contribution in [2.45, 2.75) is 0 Å². The van der Waals surface area contributed by atoms with Gasteiger partial charge >= 0.3 is 0 Å². The molecule has 1 N–H and O–H groups in total. The Labute approximate surface area is 177 Å². The molecule has 0 saturated heterocycles. The Morgan fingerprint density at radius 3 is 2.00 bits per heavy atom. The standard InChI is InChI=1S/C21H14Cl3NO3/c22-15-10-17(23)20(18(24)11-15)25-19(26)12-28-16-8-6-14(7-9-16)21(27)13-4-2-1-3-5-13/h1-11H,12H2,(H,25,26). The fraction of sp³-hybridized carbons (Fsp3) is 0.0476. The number of rotatable bonds is 6. The Morgan fingerprint density at radius 2 is 1.39 bits per heavy atom. The molecule has 0 bridgehead atoms. The first-order valence-corrected chi connectivity index (χ1v) is 9.34. The largest absolute Gasteiger partial charge is 0.484 e. The van der Waals surface area contributed by atoms with Gasteiger partial charge in [0.25, 0.3) is 5.91 Å². The van der Waals surface area contributed by atoms with Gasteiger partial charge in [0.2, 0.25) is 0 Å². The highest BCUT2D eigenvalue weighted by atomic mass is 35.5. The number of carbonyl (C=O) groups excluding carboxylic acids is 2. The fourth-order valence-corrected chi connectivity index (χ4v) is 3.36. The molecule has 0 saturated carbocycles. The van der Waals surface area contributed by atoms with E-state index < -0.39 is 5.91 Å². The summed E-state index contributed by atoms with van der Waals surface area (Å²) in [5.74, 6) is -0.0689. The fourth-order valence-electron chi connectivity index (χ4n) is 2.44. The van der Waals surface area contributed by atoms with Gasteiger partial charge in [0.15, 0.2) is 12.4 Å². The predicted octanol–water partition coefficient (Wildman–Crippen LogP) is 5.90. The zero-order valence-corrected chi connectivity index (χ0v) is 16.7. The molecule has 4 nitrogen and oxygen atoms in total. The third-order valence-corrected chi connectivity index (χ3v) is 4.61. The van der Waals surface area contributed by atoms with Gasteiger partial charge in [-0.2, -0.15) is 0 Å². The van der Waals surface area contributed by atoms with Crippen LogP contribution in [-0.2, 0) is 4.79 Å². The summed E-state index contributed by atoms with van der Waals surface area (Å²) in [6.45, 7) is -0.249. The van der Waals surface area contributed by atoms with Crippen molar-refractivity contribution in [1.82, 2.24) is 0 Å². The number of amides is 1. The molecule has 0 fully saturated rings. The van der Waals surface area contributed by atoms with Crippen molar-refractivity contribution in [2.75, 3.05) is 11.9 Å². The zero-order valence-electron chi connectivity index (χ0n) is 14.4. The van der Waals surface area contributed by atoms with Gasteiger partial charge in [-0.15, -0.1) is 0 Å². The number of carbonyl (C=O) groups is 2. The van der Waals surface area contributed by atoms with Crippen LogP contribution in [0.15, 0.2) is 66.7 Å². The van der Waals surface area contributed by atoms with Gasteiger partial charge in [-0.1, -0.05) is 65.1 Å². The van der Waals surface area contributed by atoms with E-state index in [1.165, 1.54) is 12.1 Å². The maximum atomic E-state index is 12.4. The molecular weight excluding hydrogens is 421 g/mol. The number of benzene rings is 3. The van der Waals surface area contributed by atoms with Crippen molar-refractivity contribution in [3.05, 3.63) is 92.9 Å². The number of halogens is 3. The van der Waals surface area contributed by atoms with Crippen LogP contribution in [0.5, 0.6) is 5.75 Å². The number of anilines is 1. The van der Waals surface area contributed by atoms with E-state index >= 15 is 0 Å².